The molecule has 0 spiro atoms. The van der Waals surface area contributed by atoms with Gasteiger partial charge in [0.25, 0.3) is 0 Å². The van der Waals surface area contributed by atoms with E-state index in [-0.39, 0.29) is 11.6 Å². The fourth-order valence-corrected chi connectivity index (χ4v) is 2.22. The summed E-state index contributed by atoms with van der Waals surface area (Å²) in [6, 6.07) is 0.212. The second-order valence-corrected chi connectivity index (χ2v) is 5.79. The fourth-order valence-electron chi connectivity index (χ4n) is 1.48. The Morgan fingerprint density at radius 3 is 2.75 bits per heavy atom. The maximum atomic E-state index is 6.11. The van der Waals surface area contributed by atoms with E-state index in [1.165, 1.54) is 0 Å². The monoisotopic (exact) mass is 241 g/mol. The SMILES string of the molecule is CCC(C)C(N)CNC(C)(C)c1nccs1. The minimum atomic E-state index is -0.0841. The van der Waals surface area contributed by atoms with Gasteiger partial charge in [0.15, 0.2) is 0 Å². The van der Waals surface area contributed by atoms with Crippen LogP contribution in [0.2, 0.25) is 0 Å². The summed E-state index contributed by atoms with van der Waals surface area (Å²) >= 11 is 1.68. The summed E-state index contributed by atoms with van der Waals surface area (Å²) in [5, 5.41) is 6.62. The molecule has 0 aliphatic rings. The highest BCUT2D eigenvalue weighted by molar-refractivity contribution is 7.09. The fraction of sp³-hybridized carbons (Fsp3) is 0.750. The third-order valence-electron chi connectivity index (χ3n) is 3.12. The molecule has 1 aromatic heterocycles. The molecule has 2 unspecified atom stereocenters. The van der Waals surface area contributed by atoms with E-state index in [4.69, 9.17) is 5.73 Å². The molecule has 1 rings (SSSR count). The molecule has 0 fully saturated rings. The standard InChI is InChI=1S/C12H23N3S/c1-5-9(2)10(13)8-15-12(3,4)11-14-6-7-16-11/h6-7,9-10,15H,5,8,13H2,1-4H3. The van der Waals surface area contributed by atoms with E-state index >= 15 is 0 Å². The first-order chi connectivity index (χ1) is 7.47. The molecule has 0 saturated heterocycles. The molecule has 3 N–H and O–H groups in total. The Kier molecular flexibility index (Phi) is 4.89. The van der Waals surface area contributed by atoms with E-state index in [2.05, 4.69) is 38.0 Å². The van der Waals surface area contributed by atoms with Crippen LogP contribution in [0.3, 0.4) is 0 Å². The van der Waals surface area contributed by atoms with Crippen molar-refractivity contribution in [3.05, 3.63) is 16.6 Å². The predicted molar refractivity (Wildman–Crippen MR) is 70.6 cm³/mol. The third-order valence-corrected chi connectivity index (χ3v) is 4.22. The van der Waals surface area contributed by atoms with Crippen molar-refractivity contribution in [1.82, 2.24) is 10.3 Å². The van der Waals surface area contributed by atoms with E-state index in [1.807, 2.05) is 11.6 Å². The van der Waals surface area contributed by atoms with Crippen molar-refractivity contribution in [2.75, 3.05) is 6.54 Å². The van der Waals surface area contributed by atoms with Gasteiger partial charge >= 0.3 is 0 Å². The second-order valence-electron chi connectivity index (χ2n) is 4.89. The molecule has 0 saturated carbocycles. The van der Waals surface area contributed by atoms with Gasteiger partial charge in [-0.25, -0.2) is 4.98 Å². The zero-order valence-electron chi connectivity index (χ0n) is 10.7. The molecule has 3 nitrogen and oxygen atoms in total. The van der Waals surface area contributed by atoms with Gasteiger partial charge < -0.3 is 11.1 Å². The van der Waals surface area contributed by atoms with Crippen LogP contribution in [0.1, 0.15) is 39.1 Å². The van der Waals surface area contributed by atoms with Crippen molar-refractivity contribution in [3.8, 4) is 0 Å². The summed E-state index contributed by atoms with van der Waals surface area (Å²) in [5.41, 5.74) is 6.02. The number of hydrogen-bond donors (Lipinski definition) is 2. The minimum Gasteiger partial charge on any atom is -0.326 e. The molecule has 1 aromatic rings. The number of nitrogens with two attached hydrogens (primary N) is 1. The molecule has 16 heavy (non-hydrogen) atoms. The molecule has 4 heteroatoms. The number of rotatable bonds is 6. The number of nitrogens with one attached hydrogen (secondary N) is 1. The number of hydrogen-bond acceptors (Lipinski definition) is 4. The zero-order chi connectivity index (χ0) is 12.2. The summed E-state index contributed by atoms with van der Waals surface area (Å²) in [6.45, 7) is 9.51. The Bertz CT molecular complexity index is 295. The van der Waals surface area contributed by atoms with E-state index in [0.717, 1.165) is 18.0 Å². The van der Waals surface area contributed by atoms with Gasteiger partial charge in [0.1, 0.15) is 5.01 Å². The first-order valence-corrected chi connectivity index (χ1v) is 6.76. The van der Waals surface area contributed by atoms with E-state index in [1.54, 1.807) is 11.3 Å². The van der Waals surface area contributed by atoms with Crippen molar-refractivity contribution in [2.24, 2.45) is 11.7 Å². The highest BCUT2D eigenvalue weighted by Crippen LogP contribution is 2.22. The predicted octanol–water partition coefficient (Wildman–Crippen LogP) is 2.34. The van der Waals surface area contributed by atoms with Gasteiger partial charge in [0, 0.05) is 24.2 Å². The van der Waals surface area contributed by atoms with Crippen molar-refractivity contribution in [1.29, 1.82) is 0 Å². The largest absolute Gasteiger partial charge is 0.326 e. The smallest absolute Gasteiger partial charge is 0.112 e. The molecule has 0 aromatic carbocycles. The lowest BCUT2D eigenvalue weighted by atomic mass is 9.98. The molecule has 0 radical (unpaired) electrons. The minimum absolute atomic E-state index is 0.0841. The molecule has 0 amide bonds. The lowest BCUT2D eigenvalue weighted by Gasteiger charge is -2.27. The normalized spacial score (nSPS) is 16.1. The first-order valence-electron chi connectivity index (χ1n) is 5.88. The van der Waals surface area contributed by atoms with Crippen molar-refractivity contribution < 1.29 is 0 Å². The number of aromatic nitrogens is 1. The van der Waals surface area contributed by atoms with E-state index in [9.17, 15) is 0 Å². The molecule has 2 atom stereocenters. The van der Waals surface area contributed by atoms with E-state index in [0.29, 0.717) is 5.92 Å². The van der Waals surface area contributed by atoms with Gasteiger partial charge in [-0.05, 0) is 19.8 Å². The van der Waals surface area contributed by atoms with Crippen molar-refractivity contribution in [3.63, 3.8) is 0 Å². The molecular formula is C12H23N3S. The molecule has 92 valence electrons. The van der Waals surface area contributed by atoms with E-state index < -0.39 is 0 Å². The van der Waals surface area contributed by atoms with Gasteiger partial charge in [0.05, 0.1) is 5.54 Å². The summed E-state index contributed by atoms with van der Waals surface area (Å²) in [7, 11) is 0. The summed E-state index contributed by atoms with van der Waals surface area (Å²) in [6.07, 6.45) is 2.97. The first kappa shape index (κ1) is 13.6. The maximum absolute atomic E-state index is 6.11. The Hall–Kier alpha value is -0.450. The molecule has 1 heterocycles. The van der Waals surface area contributed by atoms with Crippen molar-refractivity contribution in [2.45, 2.75) is 45.7 Å². The topological polar surface area (TPSA) is 50.9 Å². The Morgan fingerprint density at radius 2 is 2.25 bits per heavy atom. The Labute approximate surface area is 102 Å². The summed E-state index contributed by atoms with van der Waals surface area (Å²) in [5.74, 6) is 0.555. The van der Waals surface area contributed by atoms with Gasteiger partial charge in [-0.15, -0.1) is 11.3 Å². The zero-order valence-corrected chi connectivity index (χ0v) is 11.5. The van der Waals surface area contributed by atoms with Crippen LogP contribution in [0.4, 0.5) is 0 Å². The Morgan fingerprint density at radius 1 is 1.56 bits per heavy atom. The quantitative estimate of drug-likeness (QED) is 0.804. The van der Waals surface area contributed by atoms with Crippen LogP contribution in [-0.4, -0.2) is 17.6 Å². The van der Waals surface area contributed by atoms with Crippen LogP contribution in [-0.2, 0) is 5.54 Å². The lowest BCUT2D eigenvalue weighted by Crippen LogP contribution is -2.46. The highest BCUT2D eigenvalue weighted by Gasteiger charge is 2.24. The van der Waals surface area contributed by atoms with Crippen LogP contribution < -0.4 is 11.1 Å². The highest BCUT2D eigenvalue weighted by atomic mass is 32.1. The van der Waals surface area contributed by atoms with Crippen LogP contribution in [0.15, 0.2) is 11.6 Å². The molecular weight excluding hydrogens is 218 g/mol. The maximum Gasteiger partial charge on any atom is 0.112 e. The third kappa shape index (κ3) is 3.54. The Balaban J connectivity index is 2.48. The van der Waals surface area contributed by atoms with Crippen LogP contribution in [0, 0.1) is 5.92 Å². The second kappa shape index (κ2) is 5.75. The van der Waals surface area contributed by atoms with Crippen LogP contribution >= 0.6 is 11.3 Å². The summed E-state index contributed by atoms with van der Waals surface area (Å²) < 4.78 is 0. The molecule has 0 aliphatic heterocycles. The molecule has 0 bridgehead atoms. The molecule has 0 aliphatic carbocycles. The number of nitrogens with zero attached hydrogens (tertiary/aromatic N) is 1. The van der Waals surface area contributed by atoms with Gasteiger partial charge in [-0.3, -0.25) is 0 Å². The van der Waals surface area contributed by atoms with Gasteiger partial charge in [0.2, 0.25) is 0 Å². The van der Waals surface area contributed by atoms with Gasteiger partial charge in [-0.1, -0.05) is 20.3 Å². The van der Waals surface area contributed by atoms with Crippen molar-refractivity contribution >= 4 is 11.3 Å². The number of thiazole rings is 1. The lowest BCUT2D eigenvalue weighted by molar-refractivity contribution is 0.342. The van der Waals surface area contributed by atoms with Crippen LogP contribution in [0.5, 0.6) is 0 Å². The van der Waals surface area contributed by atoms with Gasteiger partial charge in [-0.2, -0.15) is 0 Å². The average Bonchev–Trinajstić information content (AvgIpc) is 2.78. The van der Waals surface area contributed by atoms with Crippen LogP contribution in [0.25, 0.3) is 0 Å². The summed E-state index contributed by atoms with van der Waals surface area (Å²) in [4.78, 5) is 4.35. The average molecular weight is 241 g/mol.